The molecule has 3 nitrogen and oxygen atoms in total. The van der Waals surface area contributed by atoms with Gasteiger partial charge in [0.25, 0.3) is 0 Å². The summed E-state index contributed by atoms with van der Waals surface area (Å²) in [6.45, 7) is 8.74. The van der Waals surface area contributed by atoms with Crippen LogP contribution < -0.4 is 0 Å². The number of benzene rings is 9. The monoisotopic (exact) mass is 769 g/mol. The maximum atomic E-state index is 5.48. The third-order valence-electron chi connectivity index (χ3n) is 12.6. The fourth-order valence-corrected chi connectivity index (χ4v) is 9.65. The smallest absolute Gasteiger partial charge is 0.235 e. The number of hydrogen-bond acceptors (Lipinski definition) is 2. The highest BCUT2D eigenvalue weighted by Crippen LogP contribution is 2.52. The van der Waals surface area contributed by atoms with Crippen LogP contribution >= 0.6 is 0 Å². The summed E-state index contributed by atoms with van der Waals surface area (Å²) in [5.41, 5.74) is 13.6. The summed E-state index contributed by atoms with van der Waals surface area (Å²) in [6.07, 6.45) is 0. The molecule has 2 aromatic heterocycles. The molecule has 1 aliphatic carbocycles. The Morgan fingerprint density at radius 3 is 1.80 bits per heavy atom. The predicted molar refractivity (Wildman–Crippen MR) is 254 cm³/mol. The van der Waals surface area contributed by atoms with Gasteiger partial charge in [-0.15, -0.1) is 0 Å². The molecule has 2 heterocycles. The minimum absolute atomic E-state index is 0.162. The SMILES string of the molecule is CC.CC1(C)c2cc(-c3cccc4c5cc6ccccc6cc5n(-c5nc(-c6ccccc6)cc(-c6ccc7ccccc7c6)n5)c34)ccc2-c2c1ccc1ccccc21. The summed E-state index contributed by atoms with van der Waals surface area (Å²) in [5, 5.41) is 9.71. The molecule has 0 unspecified atom stereocenters. The van der Waals surface area contributed by atoms with E-state index >= 15 is 0 Å². The van der Waals surface area contributed by atoms with Crippen LogP contribution in [0.4, 0.5) is 0 Å². The van der Waals surface area contributed by atoms with Crippen LogP contribution in [-0.2, 0) is 5.41 Å². The quantitative estimate of drug-likeness (QED) is 0.178. The molecule has 0 fully saturated rings. The standard InChI is InChI=1S/C55H37N3.C2H6/c1-55(2)47-28-26-35-14-10-11-20-42(35)52(47)45-27-25-40(31-48(45)55)43-21-12-22-44-46-30-38-18-8-9-19-39(38)32-51(46)58(53(43)44)54-56-49(36-15-4-3-5-16-36)33-50(57-54)41-24-23-34-13-6-7-17-37(34)29-41;1-2/h3-33H,1-2H3;1-2H3. The Bertz CT molecular complexity index is 3480. The van der Waals surface area contributed by atoms with E-state index in [0.29, 0.717) is 5.95 Å². The second-order valence-electron chi connectivity index (χ2n) is 16.2. The molecule has 1 aliphatic rings. The number of aromatic nitrogens is 3. The van der Waals surface area contributed by atoms with Gasteiger partial charge >= 0.3 is 0 Å². The first kappa shape index (κ1) is 35.8. The maximum absolute atomic E-state index is 5.48. The first-order valence-corrected chi connectivity index (χ1v) is 21.1. The van der Waals surface area contributed by atoms with E-state index in [0.717, 1.165) is 39.1 Å². The van der Waals surface area contributed by atoms with Crippen LogP contribution in [0, 0.1) is 0 Å². The van der Waals surface area contributed by atoms with Crippen LogP contribution in [0.5, 0.6) is 0 Å². The molecule has 0 amide bonds. The zero-order valence-corrected chi connectivity index (χ0v) is 34.2. The van der Waals surface area contributed by atoms with Crippen molar-refractivity contribution in [1.82, 2.24) is 14.5 Å². The summed E-state index contributed by atoms with van der Waals surface area (Å²) in [4.78, 5) is 10.9. The topological polar surface area (TPSA) is 30.7 Å². The van der Waals surface area contributed by atoms with Gasteiger partial charge in [-0.1, -0.05) is 185 Å². The van der Waals surface area contributed by atoms with E-state index in [4.69, 9.17) is 9.97 Å². The predicted octanol–water partition coefficient (Wildman–Crippen LogP) is 15.4. The molecule has 9 aromatic carbocycles. The van der Waals surface area contributed by atoms with Gasteiger partial charge in [-0.3, -0.25) is 4.57 Å². The molecule has 60 heavy (non-hydrogen) atoms. The van der Waals surface area contributed by atoms with Crippen molar-refractivity contribution in [3.8, 4) is 50.7 Å². The van der Waals surface area contributed by atoms with E-state index < -0.39 is 0 Å². The number of fused-ring (bicyclic) bond motifs is 10. The highest BCUT2D eigenvalue weighted by atomic mass is 15.2. The Labute approximate surface area is 350 Å². The summed E-state index contributed by atoms with van der Waals surface area (Å²) in [6, 6.07) is 68.3. The lowest BCUT2D eigenvalue weighted by Crippen LogP contribution is -2.15. The second-order valence-corrected chi connectivity index (χ2v) is 16.2. The summed E-state index contributed by atoms with van der Waals surface area (Å²) >= 11 is 0. The van der Waals surface area contributed by atoms with Gasteiger partial charge in [0.15, 0.2) is 0 Å². The number of para-hydroxylation sites is 1. The maximum Gasteiger partial charge on any atom is 0.235 e. The van der Waals surface area contributed by atoms with Crippen LogP contribution in [0.3, 0.4) is 0 Å². The lowest BCUT2D eigenvalue weighted by atomic mass is 9.81. The van der Waals surface area contributed by atoms with Crippen LogP contribution in [-0.4, -0.2) is 14.5 Å². The third-order valence-corrected chi connectivity index (χ3v) is 12.6. The Morgan fingerprint density at radius 2 is 1.02 bits per heavy atom. The van der Waals surface area contributed by atoms with Crippen molar-refractivity contribution in [1.29, 1.82) is 0 Å². The average molecular weight is 770 g/mol. The van der Waals surface area contributed by atoms with E-state index in [2.05, 4.69) is 206 Å². The molecule has 11 aromatic rings. The largest absolute Gasteiger partial charge is 0.277 e. The van der Waals surface area contributed by atoms with Gasteiger partial charge < -0.3 is 0 Å². The van der Waals surface area contributed by atoms with Crippen molar-refractivity contribution >= 4 is 54.1 Å². The number of nitrogens with zero attached hydrogens (tertiary/aromatic N) is 3. The van der Waals surface area contributed by atoms with Crippen molar-refractivity contribution in [3.05, 3.63) is 199 Å². The van der Waals surface area contributed by atoms with E-state index in [1.165, 1.54) is 70.9 Å². The van der Waals surface area contributed by atoms with Gasteiger partial charge in [0.1, 0.15) is 0 Å². The first-order valence-electron chi connectivity index (χ1n) is 21.1. The molecule has 12 rings (SSSR count). The van der Waals surface area contributed by atoms with Crippen molar-refractivity contribution in [3.63, 3.8) is 0 Å². The van der Waals surface area contributed by atoms with Crippen molar-refractivity contribution in [2.45, 2.75) is 33.1 Å². The van der Waals surface area contributed by atoms with E-state index in [1.807, 2.05) is 13.8 Å². The zero-order chi connectivity index (χ0) is 40.5. The Balaban J connectivity index is 0.00000201. The summed E-state index contributed by atoms with van der Waals surface area (Å²) in [5.74, 6) is 0.646. The van der Waals surface area contributed by atoms with Gasteiger partial charge in [0.05, 0.1) is 22.4 Å². The lowest BCUT2D eigenvalue weighted by molar-refractivity contribution is 0.661. The van der Waals surface area contributed by atoms with Gasteiger partial charge in [0.2, 0.25) is 5.95 Å². The molecule has 0 N–H and O–H groups in total. The van der Waals surface area contributed by atoms with Crippen LogP contribution in [0.25, 0.3) is 105 Å². The lowest BCUT2D eigenvalue weighted by Gasteiger charge is -2.22. The van der Waals surface area contributed by atoms with Gasteiger partial charge in [0, 0.05) is 32.9 Å². The molecular weight excluding hydrogens is 727 g/mol. The first-order chi connectivity index (χ1) is 29.5. The van der Waals surface area contributed by atoms with Crippen molar-refractivity contribution < 1.29 is 0 Å². The fourth-order valence-electron chi connectivity index (χ4n) is 9.65. The Hall–Kier alpha value is -7.36. The Kier molecular flexibility index (Phi) is 8.28. The van der Waals surface area contributed by atoms with Crippen LogP contribution in [0.1, 0.15) is 38.8 Å². The Morgan fingerprint density at radius 1 is 0.400 bits per heavy atom. The van der Waals surface area contributed by atoms with E-state index in [1.54, 1.807) is 0 Å². The second kappa shape index (κ2) is 13.9. The summed E-state index contributed by atoms with van der Waals surface area (Å²) < 4.78 is 2.32. The molecule has 0 atom stereocenters. The minimum atomic E-state index is -0.162. The van der Waals surface area contributed by atoms with Crippen molar-refractivity contribution in [2.75, 3.05) is 0 Å². The van der Waals surface area contributed by atoms with Gasteiger partial charge in [-0.2, -0.15) is 0 Å². The molecule has 0 saturated heterocycles. The van der Waals surface area contributed by atoms with Gasteiger partial charge in [-0.25, -0.2) is 9.97 Å². The van der Waals surface area contributed by atoms with E-state index in [9.17, 15) is 0 Å². The number of hydrogen-bond donors (Lipinski definition) is 0. The van der Waals surface area contributed by atoms with Gasteiger partial charge in [-0.05, 0) is 90.5 Å². The molecule has 0 spiro atoms. The molecule has 0 aliphatic heterocycles. The van der Waals surface area contributed by atoms with E-state index in [-0.39, 0.29) is 5.41 Å². The fraction of sp³-hybridized carbons (Fsp3) is 0.0877. The molecule has 0 saturated carbocycles. The number of rotatable bonds is 4. The zero-order valence-electron chi connectivity index (χ0n) is 34.2. The molecule has 0 radical (unpaired) electrons. The molecule has 0 bridgehead atoms. The summed E-state index contributed by atoms with van der Waals surface area (Å²) in [7, 11) is 0. The third kappa shape index (κ3) is 5.50. The highest BCUT2D eigenvalue weighted by molar-refractivity contribution is 6.17. The van der Waals surface area contributed by atoms with Crippen LogP contribution in [0.15, 0.2) is 188 Å². The van der Waals surface area contributed by atoms with Crippen molar-refractivity contribution in [2.24, 2.45) is 0 Å². The highest BCUT2D eigenvalue weighted by Gasteiger charge is 2.37. The molecular formula is C57H43N3. The minimum Gasteiger partial charge on any atom is -0.277 e. The van der Waals surface area contributed by atoms with Crippen LogP contribution in [0.2, 0.25) is 0 Å². The normalized spacial score (nSPS) is 12.8. The molecule has 286 valence electrons. The molecule has 3 heteroatoms. The average Bonchev–Trinajstić information content (AvgIpc) is 3.76.